The Balaban J connectivity index is 1.74. The van der Waals surface area contributed by atoms with Gasteiger partial charge in [-0.25, -0.2) is 0 Å². The quantitative estimate of drug-likeness (QED) is 0.772. The highest BCUT2D eigenvalue weighted by Gasteiger charge is 2.21. The normalized spacial score (nSPS) is 23.8. The number of benzene rings is 1. The number of hydrogen-bond acceptors (Lipinski definition) is 3. The van der Waals surface area contributed by atoms with Gasteiger partial charge in [0.2, 0.25) is 0 Å². The van der Waals surface area contributed by atoms with Gasteiger partial charge in [-0.2, -0.15) is 0 Å². The van der Waals surface area contributed by atoms with Gasteiger partial charge in [-0.1, -0.05) is 18.2 Å². The molecule has 3 heteroatoms. The molecular formula is C17H27NO2. The fourth-order valence-corrected chi connectivity index (χ4v) is 2.96. The molecule has 1 heterocycles. The number of para-hydroxylation sites is 1. The Bertz CT molecular complexity index is 403. The van der Waals surface area contributed by atoms with E-state index in [2.05, 4.69) is 50.8 Å². The summed E-state index contributed by atoms with van der Waals surface area (Å²) in [6, 6.07) is 6.29. The summed E-state index contributed by atoms with van der Waals surface area (Å²) in [4.78, 5) is 2.48. The molecule has 1 fully saturated rings. The Labute approximate surface area is 122 Å². The predicted octanol–water partition coefficient (Wildman–Crippen LogP) is 3.18. The lowest BCUT2D eigenvalue weighted by Crippen LogP contribution is -2.45. The standard InChI is InChI=1S/C17H27NO2/c1-13-7-5-8-14(2)17(13)19-10-6-9-18-11-15(3)20-16(4)12-18/h5,7-8,15-16H,6,9-12H2,1-4H3/t15-,16-/m0/s1. The second-order valence-corrected chi connectivity index (χ2v) is 5.94. The molecule has 1 aromatic rings. The van der Waals surface area contributed by atoms with Crippen molar-refractivity contribution in [3.8, 4) is 5.75 Å². The van der Waals surface area contributed by atoms with E-state index in [4.69, 9.17) is 9.47 Å². The van der Waals surface area contributed by atoms with Crippen LogP contribution in [0.4, 0.5) is 0 Å². The van der Waals surface area contributed by atoms with E-state index in [0.29, 0.717) is 12.2 Å². The van der Waals surface area contributed by atoms with Gasteiger partial charge in [0.25, 0.3) is 0 Å². The van der Waals surface area contributed by atoms with E-state index in [0.717, 1.165) is 38.4 Å². The minimum atomic E-state index is 0.346. The molecule has 0 saturated carbocycles. The highest BCUT2D eigenvalue weighted by atomic mass is 16.5. The van der Waals surface area contributed by atoms with Crippen molar-refractivity contribution in [1.29, 1.82) is 0 Å². The molecule has 0 radical (unpaired) electrons. The SMILES string of the molecule is Cc1cccc(C)c1OCCCN1C[C@H](C)O[C@@H](C)C1. The van der Waals surface area contributed by atoms with Gasteiger partial charge in [-0.3, -0.25) is 4.90 Å². The maximum absolute atomic E-state index is 5.95. The van der Waals surface area contributed by atoms with Gasteiger partial charge in [-0.05, 0) is 45.2 Å². The molecular weight excluding hydrogens is 250 g/mol. The first-order chi connectivity index (χ1) is 9.56. The van der Waals surface area contributed by atoms with Crippen LogP contribution in [0, 0.1) is 13.8 Å². The van der Waals surface area contributed by atoms with E-state index in [1.807, 2.05) is 0 Å². The number of rotatable bonds is 5. The van der Waals surface area contributed by atoms with Gasteiger partial charge < -0.3 is 9.47 Å². The largest absolute Gasteiger partial charge is 0.493 e. The van der Waals surface area contributed by atoms with Crippen molar-refractivity contribution < 1.29 is 9.47 Å². The molecule has 1 saturated heterocycles. The zero-order valence-corrected chi connectivity index (χ0v) is 13.2. The second-order valence-electron chi connectivity index (χ2n) is 5.94. The van der Waals surface area contributed by atoms with Crippen LogP contribution >= 0.6 is 0 Å². The number of morpholine rings is 1. The fraction of sp³-hybridized carbons (Fsp3) is 0.647. The second kappa shape index (κ2) is 7.09. The number of hydrogen-bond donors (Lipinski definition) is 0. The molecule has 1 aliphatic heterocycles. The first-order valence-electron chi connectivity index (χ1n) is 7.63. The van der Waals surface area contributed by atoms with Crippen molar-refractivity contribution in [1.82, 2.24) is 4.90 Å². The topological polar surface area (TPSA) is 21.7 Å². The van der Waals surface area contributed by atoms with Crippen LogP contribution in [0.1, 0.15) is 31.4 Å². The van der Waals surface area contributed by atoms with Crippen LogP contribution in [0.15, 0.2) is 18.2 Å². The van der Waals surface area contributed by atoms with Gasteiger partial charge in [-0.15, -0.1) is 0 Å². The third kappa shape index (κ3) is 4.22. The summed E-state index contributed by atoms with van der Waals surface area (Å²) in [6.07, 6.45) is 1.75. The molecule has 2 rings (SSSR count). The molecule has 0 amide bonds. The van der Waals surface area contributed by atoms with Crippen molar-refractivity contribution in [3.63, 3.8) is 0 Å². The zero-order chi connectivity index (χ0) is 14.5. The Morgan fingerprint density at radius 2 is 1.75 bits per heavy atom. The van der Waals surface area contributed by atoms with Crippen LogP contribution in [-0.2, 0) is 4.74 Å². The third-order valence-electron chi connectivity index (χ3n) is 3.77. The van der Waals surface area contributed by atoms with Gasteiger partial charge in [0, 0.05) is 19.6 Å². The zero-order valence-electron chi connectivity index (χ0n) is 13.2. The van der Waals surface area contributed by atoms with E-state index in [9.17, 15) is 0 Å². The van der Waals surface area contributed by atoms with Crippen molar-refractivity contribution in [3.05, 3.63) is 29.3 Å². The Kier molecular flexibility index (Phi) is 5.44. The lowest BCUT2D eigenvalue weighted by molar-refractivity contribution is -0.0686. The molecule has 0 aromatic heterocycles. The highest BCUT2D eigenvalue weighted by molar-refractivity contribution is 5.39. The first kappa shape index (κ1) is 15.3. The average Bonchev–Trinajstić information content (AvgIpc) is 2.36. The molecule has 0 N–H and O–H groups in total. The van der Waals surface area contributed by atoms with Gasteiger partial charge >= 0.3 is 0 Å². The van der Waals surface area contributed by atoms with Crippen LogP contribution in [-0.4, -0.2) is 43.3 Å². The summed E-state index contributed by atoms with van der Waals surface area (Å²) >= 11 is 0. The Morgan fingerprint density at radius 1 is 1.15 bits per heavy atom. The average molecular weight is 277 g/mol. The van der Waals surface area contributed by atoms with Crippen LogP contribution < -0.4 is 4.74 Å². The summed E-state index contributed by atoms with van der Waals surface area (Å²) in [6.45, 7) is 12.4. The van der Waals surface area contributed by atoms with Gasteiger partial charge in [0.1, 0.15) is 5.75 Å². The van der Waals surface area contributed by atoms with Gasteiger partial charge in [0.05, 0.1) is 18.8 Å². The van der Waals surface area contributed by atoms with E-state index in [1.54, 1.807) is 0 Å². The van der Waals surface area contributed by atoms with Gasteiger partial charge in [0.15, 0.2) is 0 Å². The summed E-state index contributed by atoms with van der Waals surface area (Å²) < 4.78 is 11.7. The fourth-order valence-electron chi connectivity index (χ4n) is 2.96. The van der Waals surface area contributed by atoms with Crippen molar-refractivity contribution in [2.45, 2.75) is 46.3 Å². The molecule has 0 unspecified atom stereocenters. The number of aryl methyl sites for hydroxylation is 2. The van der Waals surface area contributed by atoms with Crippen LogP contribution in [0.2, 0.25) is 0 Å². The molecule has 20 heavy (non-hydrogen) atoms. The summed E-state index contributed by atoms with van der Waals surface area (Å²) in [5.74, 6) is 1.05. The molecule has 0 aliphatic carbocycles. The molecule has 2 atom stereocenters. The first-order valence-corrected chi connectivity index (χ1v) is 7.63. The lowest BCUT2D eigenvalue weighted by atomic mass is 10.1. The maximum atomic E-state index is 5.95. The number of nitrogens with zero attached hydrogens (tertiary/aromatic N) is 1. The van der Waals surface area contributed by atoms with E-state index in [1.165, 1.54) is 11.1 Å². The Hall–Kier alpha value is -1.06. The molecule has 3 nitrogen and oxygen atoms in total. The van der Waals surface area contributed by atoms with E-state index in [-0.39, 0.29) is 0 Å². The molecule has 1 aromatic carbocycles. The molecule has 1 aliphatic rings. The minimum absolute atomic E-state index is 0.346. The summed E-state index contributed by atoms with van der Waals surface area (Å²) in [5, 5.41) is 0. The van der Waals surface area contributed by atoms with Crippen LogP contribution in [0.25, 0.3) is 0 Å². The molecule has 0 spiro atoms. The summed E-state index contributed by atoms with van der Waals surface area (Å²) in [7, 11) is 0. The predicted molar refractivity (Wildman–Crippen MR) is 82.5 cm³/mol. The van der Waals surface area contributed by atoms with Crippen LogP contribution in [0.3, 0.4) is 0 Å². The summed E-state index contributed by atoms with van der Waals surface area (Å²) in [5.41, 5.74) is 2.44. The van der Waals surface area contributed by atoms with E-state index < -0.39 is 0 Å². The molecule has 0 bridgehead atoms. The monoisotopic (exact) mass is 277 g/mol. The highest BCUT2D eigenvalue weighted by Crippen LogP contribution is 2.22. The third-order valence-corrected chi connectivity index (χ3v) is 3.77. The van der Waals surface area contributed by atoms with Crippen molar-refractivity contribution in [2.24, 2.45) is 0 Å². The maximum Gasteiger partial charge on any atom is 0.125 e. The molecule has 112 valence electrons. The van der Waals surface area contributed by atoms with E-state index >= 15 is 0 Å². The van der Waals surface area contributed by atoms with Crippen molar-refractivity contribution in [2.75, 3.05) is 26.2 Å². The number of ether oxygens (including phenoxy) is 2. The smallest absolute Gasteiger partial charge is 0.125 e. The Morgan fingerprint density at radius 3 is 2.35 bits per heavy atom. The van der Waals surface area contributed by atoms with Crippen molar-refractivity contribution >= 4 is 0 Å². The minimum Gasteiger partial charge on any atom is -0.493 e. The van der Waals surface area contributed by atoms with Crippen LogP contribution in [0.5, 0.6) is 5.75 Å². The lowest BCUT2D eigenvalue weighted by Gasteiger charge is -2.35.